The van der Waals surface area contributed by atoms with Gasteiger partial charge in [0.2, 0.25) is 10.0 Å². The molecule has 1 heterocycles. The van der Waals surface area contributed by atoms with Crippen molar-refractivity contribution in [2.24, 2.45) is 0 Å². The molecule has 1 aliphatic rings. The number of sulfonamides is 1. The molecule has 5 nitrogen and oxygen atoms in total. The number of hydrogen-bond acceptors (Lipinski definition) is 4. The van der Waals surface area contributed by atoms with Gasteiger partial charge in [0.25, 0.3) is 0 Å². The number of nitrogens with zero attached hydrogens (tertiary/aromatic N) is 2. The van der Waals surface area contributed by atoms with Crippen LogP contribution in [0.1, 0.15) is 25.0 Å². The lowest BCUT2D eigenvalue weighted by atomic mass is 10.1. The first kappa shape index (κ1) is 20.7. The molecule has 2 unspecified atom stereocenters. The van der Waals surface area contributed by atoms with Gasteiger partial charge >= 0.3 is 6.18 Å². The molecule has 24 heavy (non-hydrogen) atoms. The molecule has 0 bridgehead atoms. The number of hydrogen-bond donors (Lipinski definition) is 1. The summed E-state index contributed by atoms with van der Waals surface area (Å²) >= 11 is 0. The van der Waals surface area contributed by atoms with Crippen molar-refractivity contribution in [1.29, 1.82) is 5.26 Å². The second kappa shape index (κ2) is 7.27. The monoisotopic (exact) mass is 383 g/mol. The van der Waals surface area contributed by atoms with Crippen LogP contribution in [0.4, 0.5) is 13.2 Å². The molecule has 0 aliphatic carbocycles. The van der Waals surface area contributed by atoms with E-state index in [1.54, 1.807) is 6.92 Å². The molecule has 1 saturated heterocycles. The van der Waals surface area contributed by atoms with Crippen molar-refractivity contribution in [3.05, 3.63) is 29.3 Å². The van der Waals surface area contributed by atoms with Gasteiger partial charge in [-0.1, -0.05) is 0 Å². The van der Waals surface area contributed by atoms with Gasteiger partial charge in [0.1, 0.15) is 0 Å². The molecule has 134 valence electrons. The molecule has 0 aromatic heterocycles. The summed E-state index contributed by atoms with van der Waals surface area (Å²) in [5.41, 5.74) is -1.84. The Labute approximate surface area is 144 Å². The van der Waals surface area contributed by atoms with E-state index in [0.717, 1.165) is 12.1 Å². The zero-order valence-electron chi connectivity index (χ0n) is 13.0. The third-order valence-corrected chi connectivity index (χ3v) is 5.98. The van der Waals surface area contributed by atoms with Crippen molar-refractivity contribution in [2.45, 2.75) is 37.0 Å². The van der Waals surface area contributed by atoms with Gasteiger partial charge in [-0.25, -0.2) is 8.42 Å². The average molecular weight is 384 g/mol. The van der Waals surface area contributed by atoms with Crippen LogP contribution in [-0.2, 0) is 16.2 Å². The number of nitriles is 1. The molecule has 0 amide bonds. The highest BCUT2D eigenvalue weighted by molar-refractivity contribution is 7.89. The molecule has 0 radical (unpaired) electrons. The molecule has 1 aromatic carbocycles. The van der Waals surface area contributed by atoms with Crippen LogP contribution in [0.15, 0.2) is 23.1 Å². The second-order valence-electron chi connectivity index (χ2n) is 5.42. The number of alkyl halides is 3. The Kier molecular flexibility index (Phi) is 6.27. The minimum absolute atomic E-state index is 0. The topological polar surface area (TPSA) is 73.2 Å². The molecule has 10 heteroatoms. The van der Waals surface area contributed by atoms with E-state index in [4.69, 9.17) is 5.26 Å². The van der Waals surface area contributed by atoms with Gasteiger partial charge in [0.05, 0.1) is 22.1 Å². The lowest BCUT2D eigenvalue weighted by Gasteiger charge is -2.37. The molecule has 2 rings (SSSR count). The van der Waals surface area contributed by atoms with Crippen molar-refractivity contribution >= 4 is 22.4 Å². The van der Waals surface area contributed by atoms with Crippen LogP contribution in [-0.4, -0.2) is 37.9 Å². The zero-order valence-corrected chi connectivity index (χ0v) is 14.6. The summed E-state index contributed by atoms with van der Waals surface area (Å²) in [6.07, 6.45) is -4.79. The Morgan fingerprint density at radius 2 is 1.96 bits per heavy atom. The van der Waals surface area contributed by atoms with E-state index >= 15 is 0 Å². The number of nitrogens with one attached hydrogen (secondary N) is 1. The van der Waals surface area contributed by atoms with Crippen LogP contribution in [0.25, 0.3) is 0 Å². The lowest BCUT2D eigenvalue weighted by Crippen LogP contribution is -2.57. The highest BCUT2D eigenvalue weighted by Gasteiger charge is 2.38. The van der Waals surface area contributed by atoms with Gasteiger partial charge in [0, 0.05) is 25.2 Å². The average Bonchev–Trinajstić information content (AvgIpc) is 2.48. The molecule has 1 aromatic rings. The predicted octanol–water partition coefficient (Wildman–Crippen LogP) is 2.37. The van der Waals surface area contributed by atoms with Crippen LogP contribution in [0.3, 0.4) is 0 Å². The molecule has 2 atom stereocenters. The SMILES string of the molecule is CC1NCCN(S(=O)(=O)c2ccc(C#N)c(C(F)(F)F)c2)C1C.Cl. The first-order chi connectivity index (χ1) is 10.6. The maximum Gasteiger partial charge on any atom is 0.417 e. The number of halogens is 4. The molecule has 1 aliphatic heterocycles. The minimum Gasteiger partial charge on any atom is -0.311 e. The van der Waals surface area contributed by atoms with Crippen molar-refractivity contribution in [3.8, 4) is 6.07 Å². The van der Waals surface area contributed by atoms with Crippen LogP contribution >= 0.6 is 12.4 Å². The van der Waals surface area contributed by atoms with Gasteiger partial charge in [-0.05, 0) is 32.0 Å². The van der Waals surface area contributed by atoms with Gasteiger partial charge in [-0.2, -0.15) is 22.7 Å². The highest BCUT2D eigenvalue weighted by Crippen LogP contribution is 2.34. The molecule has 1 N–H and O–H groups in total. The van der Waals surface area contributed by atoms with E-state index in [1.165, 1.54) is 10.4 Å². The van der Waals surface area contributed by atoms with Gasteiger partial charge in [-0.3, -0.25) is 0 Å². The quantitative estimate of drug-likeness (QED) is 0.851. The highest BCUT2D eigenvalue weighted by atomic mass is 35.5. The summed E-state index contributed by atoms with van der Waals surface area (Å²) in [5.74, 6) is 0. The Morgan fingerprint density at radius 3 is 2.50 bits per heavy atom. The smallest absolute Gasteiger partial charge is 0.311 e. The first-order valence-electron chi connectivity index (χ1n) is 6.95. The summed E-state index contributed by atoms with van der Waals surface area (Å²) in [4.78, 5) is -0.454. The maximum atomic E-state index is 13.0. The van der Waals surface area contributed by atoms with Crippen molar-refractivity contribution in [3.63, 3.8) is 0 Å². The Hall–Kier alpha value is -1.34. The molecule has 1 fully saturated rings. The van der Waals surface area contributed by atoms with E-state index < -0.39 is 38.3 Å². The van der Waals surface area contributed by atoms with E-state index in [9.17, 15) is 21.6 Å². The fourth-order valence-corrected chi connectivity index (χ4v) is 4.25. The normalized spacial score (nSPS) is 22.5. The zero-order chi connectivity index (χ0) is 17.4. The number of benzene rings is 1. The van der Waals surface area contributed by atoms with E-state index in [2.05, 4.69) is 5.32 Å². The third-order valence-electron chi connectivity index (χ3n) is 4.00. The fraction of sp³-hybridized carbons (Fsp3) is 0.500. The van der Waals surface area contributed by atoms with Gasteiger partial charge < -0.3 is 5.32 Å². The predicted molar refractivity (Wildman–Crippen MR) is 84.2 cm³/mol. The maximum absolute atomic E-state index is 13.0. The fourth-order valence-electron chi connectivity index (χ4n) is 2.52. The molecule has 0 spiro atoms. The van der Waals surface area contributed by atoms with Crippen LogP contribution in [0.2, 0.25) is 0 Å². The first-order valence-corrected chi connectivity index (χ1v) is 8.39. The Morgan fingerprint density at radius 1 is 1.33 bits per heavy atom. The summed E-state index contributed by atoms with van der Waals surface area (Å²) < 4.78 is 65.6. The summed E-state index contributed by atoms with van der Waals surface area (Å²) in [5, 5.41) is 11.9. The number of piperazine rings is 1. The van der Waals surface area contributed by atoms with Crippen LogP contribution < -0.4 is 5.32 Å². The van der Waals surface area contributed by atoms with E-state index in [-0.39, 0.29) is 25.0 Å². The minimum atomic E-state index is -4.79. The summed E-state index contributed by atoms with van der Waals surface area (Å²) in [6, 6.07) is 3.41. The molecule has 0 saturated carbocycles. The van der Waals surface area contributed by atoms with E-state index in [0.29, 0.717) is 12.6 Å². The van der Waals surface area contributed by atoms with Gasteiger partial charge in [0.15, 0.2) is 0 Å². The summed E-state index contributed by atoms with van der Waals surface area (Å²) in [6.45, 7) is 4.11. The largest absolute Gasteiger partial charge is 0.417 e. The third kappa shape index (κ3) is 3.83. The van der Waals surface area contributed by atoms with Gasteiger partial charge in [-0.15, -0.1) is 12.4 Å². The van der Waals surface area contributed by atoms with Crippen LogP contribution in [0, 0.1) is 11.3 Å². The van der Waals surface area contributed by atoms with E-state index in [1.807, 2.05) is 6.92 Å². The van der Waals surface area contributed by atoms with Crippen molar-refractivity contribution in [1.82, 2.24) is 9.62 Å². The Bertz CT molecular complexity index is 747. The lowest BCUT2D eigenvalue weighted by molar-refractivity contribution is -0.137. The van der Waals surface area contributed by atoms with Crippen molar-refractivity contribution < 1.29 is 21.6 Å². The Balaban J connectivity index is 0.00000288. The molecular weight excluding hydrogens is 367 g/mol. The summed E-state index contributed by atoms with van der Waals surface area (Å²) in [7, 11) is -4.07. The number of rotatable bonds is 2. The molecular formula is C14H17ClF3N3O2S. The standard InChI is InChI=1S/C14H16F3N3O2S.ClH/c1-9-10(2)20(6-5-19-9)23(21,22)12-4-3-11(8-18)13(7-12)14(15,16)17;/h3-4,7,9-10,19H,5-6H2,1-2H3;1H. The van der Waals surface area contributed by atoms with Crippen molar-refractivity contribution in [2.75, 3.05) is 13.1 Å². The van der Waals surface area contributed by atoms with Crippen LogP contribution in [0.5, 0.6) is 0 Å². The second-order valence-corrected chi connectivity index (χ2v) is 7.31.